The summed E-state index contributed by atoms with van der Waals surface area (Å²) in [5, 5.41) is 3.16. The zero-order valence-corrected chi connectivity index (χ0v) is 16.2. The van der Waals surface area contributed by atoms with Gasteiger partial charge in [-0.3, -0.25) is 4.79 Å². The number of para-hydroxylation sites is 1. The zero-order chi connectivity index (χ0) is 19.1. The monoisotopic (exact) mass is 367 g/mol. The molecule has 1 aliphatic rings. The van der Waals surface area contributed by atoms with E-state index in [-0.39, 0.29) is 11.3 Å². The normalized spacial score (nSPS) is 17.1. The number of benzene rings is 2. The molecule has 1 fully saturated rings. The van der Waals surface area contributed by atoms with Crippen LogP contribution in [0.2, 0.25) is 0 Å². The standard InChI is InChI=1S/C23H29NO3/c1-3-20(27-21-12-8-7-9-18(21)2)22(25)24-17-23(13-15-26-16-14-23)19-10-5-4-6-11-19/h4-12,20H,3,13-17H2,1-2H3,(H,24,25)/t20-/m1/s1. The Kier molecular flexibility index (Phi) is 6.51. The number of carbonyl (C=O) groups excluding carboxylic acids is 1. The fraction of sp³-hybridized carbons (Fsp3) is 0.435. The van der Waals surface area contributed by atoms with Crippen LogP contribution in [0.1, 0.15) is 37.3 Å². The molecule has 0 bridgehead atoms. The minimum absolute atomic E-state index is 0.0532. The van der Waals surface area contributed by atoms with E-state index in [1.54, 1.807) is 0 Å². The highest BCUT2D eigenvalue weighted by atomic mass is 16.5. The van der Waals surface area contributed by atoms with Gasteiger partial charge in [0.15, 0.2) is 6.10 Å². The van der Waals surface area contributed by atoms with Crippen LogP contribution in [0, 0.1) is 6.92 Å². The van der Waals surface area contributed by atoms with Crippen LogP contribution in [0.4, 0.5) is 0 Å². The van der Waals surface area contributed by atoms with Gasteiger partial charge in [0.1, 0.15) is 5.75 Å². The van der Waals surface area contributed by atoms with Crippen LogP contribution in [0.15, 0.2) is 54.6 Å². The Hall–Kier alpha value is -2.33. The van der Waals surface area contributed by atoms with Crippen molar-refractivity contribution in [1.29, 1.82) is 0 Å². The first-order valence-corrected chi connectivity index (χ1v) is 9.78. The van der Waals surface area contributed by atoms with Gasteiger partial charge in [-0.25, -0.2) is 0 Å². The lowest BCUT2D eigenvalue weighted by Gasteiger charge is -2.38. The minimum atomic E-state index is -0.487. The molecule has 2 aromatic carbocycles. The maximum absolute atomic E-state index is 12.8. The lowest BCUT2D eigenvalue weighted by Crippen LogP contribution is -2.48. The molecule has 4 heteroatoms. The molecule has 1 saturated heterocycles. The first kappa shape index (κ1) is 19.4. The van der Waals surface area contributed by atoms with E-state index in [9.17, 15) is 4.79 Å². The molecule has 0 radical (unpaired) electrons. The van der Waals surface area contributed by atoms with Crippen LogP contribution in [0.5, 0.6) is 5.75 Å². The molecule has 1 aliphatic heterocycles. The van der Waals surface area contributed by atoms with Gasteiger partial charge in [-0.05, 0) is 43.4 Å². The van der Waals surface area contributed by atoms with Crippen molar-refractivity contribution in [3.8, 4) is 5.75 Å². The van der Waals surface area contributed by atoms with Crippen LogP contribution < -0.4 is 10.1 Å². The molecule has 3 rings (SSSR count). The predicted octanol–water partition coefficient (Wildman–Crippen LogP) is 4.02. The number of hydrogen-bond donors (Lipinski definition) is 1. The summed E-state index contributed by atoms with van der Waals surface area (Å²) in [7, 11) is 0. The molecule has 0 spiro atoms. The topological polar surface area (TPSA) is 47.6 Å². The molecule has 1 heterocycles. The van der Waals surface area contributed by atoms with E-state index in [4.69, 9.17) is 9.47 Å². The Morgan fingerprint density at radius 1 is 1.11 bits per heavy atom. The number of aryl methyl sites for hydroxylation is 1. The Labute approximate surface area is 161 Å². The average Bonchev–Trinajstić information content (AvgIpc) is 2.73. The molecule has 0 saturated carbocycles. The highest BCUT2D eigenvalue weighted by molar-refractivity contribution is 5.81. The number of carbonyl (C=O) groups is 1. The van der Waals surface area contributed by atoms with E-state index < -0.39 is 6.10 Å². The lowest BCUT2D eigenvalue weighted by molar-refractivity contribution is -0.128. The van der Waals surface area contributed by atoms with Crippen LogP contribution in [-0.2, 0) is 14.9 Å². The molecule has 0 unspecified atom stereocenters. The van der Waals surface area contributed by atoms with Crippen molar-refractivity contribution in [3.05, 3.63) is 65.7 Å². The van der Waals surface area contributed by atoms with E-state index in [0.717, 1.165) is 37.4 Å². The summed E-state index contributed by atoms with van der Waals surface area (Å²) >= 11 is 0. The summed E-state index contributed by atoms with van der Waals surface area (Å²) in [6.45, 7) is 6.02. The van der Waals surface area contributed by atoms with Crippen LogP contribution >= 0.6 is 0 Å². The largest absolute Gasteiger partial charge is 0.480 e. The average molecular weight is 367 g/mol. The summed E-state index contributed by atoms with van der Waals surface area (Å²) in [5.74, 6) is 0.714. The van der Waals surface area contributed by atoms with Crippen LogP contribution in [0.3, 0.4) is 0 Å². The van der Waals surface area contributed by atoms with E-state index >= 15 is 0 Å². The van der Waals surface area contributed by atoms with Crippen molar-refractivity contribution < 1.29 is 14.3 Å². The molecular formula is C23H29NO3. The summed E-state index contributed by atoms with van der Waals surface area (Å²) in [4.78, 5) is 12.8. The van der Waals surface area contributed by atoms with E-state index in [1.165, 1.54) is 5.56 Å². The van der Waals surface area contributed by atoms with Gasteiger partial charge in [0, 0.05) is 25.2 Å². The number of nitrogens with one attached hydrogen (secondary N) is 1. The summed E-state index contributed by atoms with van der Waals surface area (Å²) < 4.78 is 11.6. The fourth-order valence-corrected chi connectivity index (χ4v) is 3.66. The maximum Gasteiger partial charge on any atom is 0.261 e. The Balaban J connectivity index is 1.69. The second-order valence-electron chi connectivity index (χ2n) is 7.26. The van der Waals surface area contributed by atoms with Crippen LogP contribution in [0.25, 0.3) is 0 Å². The first-order chi connectivity index (χ1) is 13.1. The van der Waals surface area contributed by atoms with Crippen molar-refractivity contribution in [2.75, 3.05) is 19.8 Å². The second kappa shape index (κ2) is 9.05. The summed E-state index contributed by atoms with van der Waals surface area (Å²) in [5.41, 5.74) is 2.23. The van der Waals surface area contributed by atoms with E-state index in [0.29, 0.717) is 13.0 Å². The van der Waals surface area contributed by atoms with Crippen molar-refractivity contribution in [3.63, 3.8) is 0 Å². The van der Waals surface area contributed by atoms with Crippen molar-refractivity contribution in [1.82, 2.24) is 5.32 Å². The molecule has 27 heavy (non-hydrogen) atoms. The van der Waals surface area contributed by atoms with E-state index in [2.05, 4.69) is 29.6 Å². The zero-order valence-electron chi connectivity index (χ0n) is 16.2. The molecule has 0 aromatic heterocycles. The summed E-state index contributed by atoms with van der Waals surface area (Å²) in [6.07, 6.45) is 1.96. The minimum Gasteiger partial charge on any atom is -0.480 e. The Morgan fingerprint density at radius 2 is 1.78 bits per heavy atom. The maximum atomic E-state index is 12.8. The fourth-order valence-electron chi connectivity index (χ4n) is 3.66. The van der Waals surface area contributed by atoms with Crippen molar-refractivity contribution >= 4 is 5.91 Å². The third kappa shape index (κ3) is 4.69. The Bertz CT molecular complexity index is 738. The molecule has 0 aliphatic carbocycles. The highest BCUT2D eigenvalue weighted by Gasteiger charge is 2.35. The van der Waals surface area contributed by atoms with Crippen molar-refractivity contribution in [2.45, 2.75) is 44.6 Å². The molecular weight excluding hydrogens is 338 g/mol. The molecule has 4 nitrogen and oxygen atoms in total. The SMILES string of the molecule is CC[C@@H](Oc1ccccc1C)C(=O)NCC1(c2ccccc2)CCOCC1. The van der Waals surface area contributed by atoms with Crippen molar-refractivity contribution in [2.24, 2.45) is 0 Å². The van der Waals surface area contributed by atoms with Gasteiger partial charge in [0.25, 0.3) is 5.91 Å². The summed E-state index contributed by atoms with van der Waals surface area (Å²) in [6, 6.07) is 18.3. The molecule has 1 atom stereocenters. The quantitative estimate of drug-likeness (QED) is 0.804. The van der Waals surface area contributed by atoms with Crippen LogP contribution in [-0.4, -0.2) is 31.8 Å². The smallest absolute Gasteiger partial charge is 0.261 e. The van der Waals surface area contributed by atoms with Gasteiger partial charge in [-0.2, -0.15) is 0 Å². The predicted molar refractivity (Wildman–Crippen MR) is 107 cm³/mol. The molecule has 2 aromatic rings. The molecule has 1 amide bonds. The number of ether oxygens (including phenoxy) is 2. The van der Waals surface area contributed by atoms with Gasteiger partial charge >= 0.3 is 0 Å². The first-order valence-electron chi connectivity index (χ1n) is 9.78. The van der Waals surface area contributed by atoms with Gasteiger partial charge < -0.3 is 14.8 Å². The second-order valence-corrected chi connectivity index (χ2v) is 7.26. The van der Waals surface area contributed by atoms with Gasteiger partial charge in [0.2, 0.25) is 0 Å². The highest BCUT2D eigenvalue weighted by Crippen LogP contribution is 2.34. The van der Waals surface area contributed by atoms with E-state index in [1.807, 2.05) is 44.2 Å². The number of hydrogen-bond acceptors (Lipinski definition) is 3. The third-order valence-corrected chi connectivity index (χ3v) is 5.46. The molecule has 1 N–H and O–H groups in total. The Morgan fingerprint density at radius 3 is 2.44 bits per heavy atom. The van der Waals surface area contributed by atoms with Gasteiger partial charge in [-0.15, -0.1) is 0 Å². The lowest BCUT2D eigenvalue weighted by atomic mass is 9.74. The van der Waals surface area contributed by atoms with Gasteiger partial charge in [0.05, 0.1) is 0 Å². The molecule has 144 valence electrons. The number of amides is 1. The number of rotatable bonds is 7. The third-order valence-electron chi connectivity index (χ3n) is 5.46. The van der Waals surface area contributed by atoms with Gasteiger partial charge in [-0.1, -0.05) is 55.5 Å².